The molecule has 0 saturated heterocycles. The molecule has 0 saturated carbocycles. The topological polar surface area (TPSA) is 0 Å². The van der Waals surface area contributed by atoms with Crippen LogP contribution in [0.2, 0.25) is 0 Å². The van der Waals surface area contributed by atoms with Crippen LogP contribution in [0.5, 0.6) is 0 Å². The predicted octanol–water partition coefficient (Wildman–Crippen LogP) is 3.11. The van der Waals surface area contributed by atoms with E-state index >= 15 is 0 Å². The summed E-state index contributed by atoms with van der Waals surface area (Å²) < 4.78 is 0.721. The summed E-state index contributed by atoms with van der Waals surface area (Å²) in [7, 11) is 0. The SMILES string of the molecule is CC1=Cc2ccccc2[CH]1[Zr].Cl. The summed E-state index contributed by atoms with van der Waals surface area (Å²) in [6.45, 7) is 2.22. The molecule has 12 heavy (non-hydrogen) atoms. The molecule has 0 nitrogen and oxygen atoms in total. The fourth-order valence-electron chi connectivity index (χ4n) is 1.48. The molecule has 0 spiro atoms. The van der Waals surface area contributed by atoms with E-state index in [1.807, 2.05) is 0 Å². The van der Waals surface area contributed by atoms with Gasteiger partial charge in [-0.25, -0.2) is 0 Å². The number of hydrogen-bond acceptors (Lipinski definition) is 0. The Bertz CT molecular complexity index is 317. The Morgan fingerprint density at radius 2 is 1.92 bits per heavy atom. The third-order valence-corrected chi connectivity index (χ3v) is 4.03. The van der Waals surface area contributed by atoms with Crippen molar-refractivity contribution in [3.8, 4) is 0 Å². The standard InChI is InChI=1S/C10H9.ClH.Zr/c1-8-6-9-4-2-3-5-10(9)7-8;;/h2-7H,1H3;1H;. The van der Waals surface area contributed by atoms with Crippen molar-refractivity contribution in [2.24, 2.45) is 0 Å². The van der Waals surface area contributed by atoms with E-state index in [1.54, 1.807) is 24.7 Å². The zero-order chi connectivity index (χ0) is 7.84. The molecule has 1 unspecified atom stereocenters. The van der Waals surface area contributed by atoms with Crippen molar-refractivity contribution in [2.45, 2.75) is 10.5 Å². The van der Waals surface area contributed by atoms with Gasteiger partial charge in [0.05, 0.1) is 0 Å². The molecule has 0 bridgehead atoms. The third kappa shape index (κ3) is 1.58. The largest absolute Gasteiger partial charge is 0.147 e. The fourth-order valence-corrected chi connectivity index (χ4v) is 2.33. The molecule has 1 aliphatic carbocycles. The minimum Gasteiger partial charge on any atom is -0.147 e. The maximum atomic E-state index is 2.30. The Balaban J connectivity index is 0.000000720. The molecule has 0 amide bonds. The second-order valence-electron chi connectivity index (χ2n) is 2.95. The second-order valence-corrected chi connectivity index (χ2v) is 4.37. The summed E-state index contributed by atoms with van der Waals surface area (Å²) in [5.41, 5.74) is 4.46. The molecule has 2 rings (SSSR count). The van der Waals surface area contributed by atoms with Gasteiger partial charge in [0.15, 0.2) is 0 Å². The number of halogens is 1. The van der Waals surface area contributed by atoms with Crippen molar-refractivity contribution < 1.29 is 24.7 Å². The summed E-state index contributed by atoms with van der Waals surface area (Å²) >= 11 is 1.60. The van der Waals surface area contributed by atoms with E-state index in [0.29, 0.717) is 0 Å². The van der Waals surface area contributed by atoms with Crippen LogP contribution < -0.4 is 0 Å². The summed E-state index contributed by atoms with van der Waals surface area (Å²) in [6, 6.07) is 8.67. The third-order valence-electron chi connectivity index (χ3n) is 2.15. The first-order valence-corrected chi connectivity index (χ1v) is 5.19. The first kappa shape index (κ1) is 10.2. The summed E-state index contributed by atoms with van der Waals surface area (Å²) in [5.74, 6) is 0. The van der Waals surface area contributed by atoms with Gasteiger partial charge < -0.3 is 0 Å². The zero-order valence-electron chi connectivity index (χ0n) is 6.87. The summed E-state index contributed by atoms with van der Waals surface area (Å²) in [4.78, 5) is 0. The molecule has 0 aliphatic heterocycles. The van der Waals surface area contributed by atoms with E-state index in [9.17, 15) is 0 Å². The molecule has 1 aromatic rings. The first-order chi connectivity index (χ1) is 5.29. The Labute approximate surface area is 94.3 Å². The van der Waals surface area contributed by atoms with Crippen molar-refractivity contribution in [2.75, 3.05) is 0 Å². The van der Waals surface area contributed by atoms with Crippen molar-refractivity contribution in [1.29, 1.82) is 0 Å². The Kier molecular flexibility index (Phi) is 3.32. The van der Waals surface area contributed by atoms with E-state index in [0.717, 1.165) is 3.63 Å². The van der Waals surface area contributed by atoms with Crippen LogP contribution in [-0.2, 0) is 24.7 Å². The molecule has 2 heteroatoms. The van der Waals surface area contributed by atoms with Gasteiger partial charge in [0.2, 0.25) is 0 Å². The minimum absolute atomic E-state index is 0. The van der Waals surface area contributed by atoms with Crippen molar-refractivity contribution in [1.82, 2.24) is 0 Å². The summed E-state index contributed by atoms with van der Waals surface area (Å²) in [5, 5.41) is 0. The van der Waals surface area contributed by atoms with E-state index in [2.05, 4.69) is 37.3 Å². The Morgan fingerprint density at radius 1 is 1.25 bits per heavy atom. The molecule has 0 radical (unpaired) electrons. The van der Waals surface area contributed by atoms with Crippen molar-refractivity contribution in [3.05, 3.63) is 41.0 Å². The predicted molar refractivity (Wildman–Crippen MR) is 50.1 cm³/mol. The fraction of sp³-hybridized carbons (Fsp3) is 0.200. The van der Waals surface area contributed by atoms with Gasteiger partial charge in [-0.15, -0.1) is 12.4 Å². The van der Waals surface area contributed by atoms with Crippen LogP contribution >= 0.6 is 12.4 Å². The van der Waals surface area contributed by atoms with Crippen LogP contribution in [0.3, 0.4) is 0 Å². The molecule has 1 aliphatic rings. The monoisotopic (exact) mass is 255 g/mol. The number of rotatable bonds is 0. The van der Waals surface area contributed by atoms with E-state index < -0.39 is 0 Å². The number of fused-ring (bicyclic) bond motifs is 1. The molecule has 61 valence electrons. The molecular formula is C10H10ClZr. The van der Waals surface area contributed by atoms with Crippen LogP contribution in [0.4, 0.5) is 0 Å². The minimum atomic E-state index is 0. The number of allylic oxidation sites excluding steroid dienone is 1. The Hall–Kier alpha value is 0.133. The van der Waals surface area contributed by atoms with Gasteiger partial charge in [-0.2, -0.15) is 0 Å². The number of benzene rings is 1. The van der Waals surface area contributed by atoms with Crippen molar-refractivity contribution >= 4 is 18.5 Å². The molecular weight excluding hydrogens is 247 g/mol. The van der Waals surface area contributed by atoms with Crippen LogP contribution in [0, 0.1) is 0 Å². The van der Waals surface area contributed by atoms with Gasteiger partial charge in [-0.1, -0.05) is 0 Å². The summed E-state index contributed by atoms with van der Waals surface area (Å²) in [6.07, 6.45) is 2.30. The molecule has 1 aromatic carbocycles. The van der Waals surface area contributed by atoms with E-state index in [4.69, 9.17) is 0 Å². The normalized spacial score (nSPS) is 19.3. The van der Waals surface area contributed by atoms with Gasteiger partial charge in [-0.3, -0.25) is 0 Å². The van der Waals surface area contributed by atoms with Gasteiger partial charge in [0, 0.05) is 0 Å². The molecule has 0 N–H and O–H groups in total. The number of hydrogen-bond donors (Lipinski definition) is 0. The molecule has 0 heterocycles. The van der Waals surface area contributed by atoms with Crippen LogP contribution in [0.25, 0.3) is 6.08 Å². The van der Waals surface area contributed by atoms with Crippen LogP contribution in [-0.4, -0.2) is 0 Å². The first-order valence-electron chi connectivity index (χ1n) is 3.77. The van der Waals surface area contributed by atoms with Gasteiger partial charge in [-0.05, 0) is 0 Å². The van der Waals surface area contributed by atoms with Crippen LogP contribution in [0.1, 0.15) is 21.7 Å². The van der Waals surface area contributed by atoms with Crippen molar-refractivity contribution in [3.63, 3.8) is 0 Å². The molecule has 1 atom stereocenters. The molecule has 0 fully saturated rings. The average molecular weight is 257 g/mol. The second kappa shape index (κ2) is 3.89. The maximum absolute atomic E-state index is 2.30. The maximum Gasteiger partial charge on any atom is -0.147 e. The van der Waals surface area contributed by atoms with Gasteiger partial charge in [0.1, 0.15) is 0 Å². The van der Waals surface area contributed by atoms with E-state index in [-0.39, 0.29) is 12.4 Å². The van der Waals surface area contributed by atoms with Gasteiger partial charge in [0.25, 0.3) is 0 Å². The Morgan fingerprint density at radius 3 is 2.58 bits per heavy atom. The zero-order valence-corrected chi connectivity index (χ0v) is 10.1. The van der Waals surface area contributed by atoms with Gasteiger partial charge >= 0.3 is 82.3 Å². The average Bonchev–Trinajstić information content (AvgIpc) is 2.30. The van der Waals surface area contributed by atoms with Crippen LogP contribution in [0.15, 0.2) is 29.8 Å². The quantitative estimate of drug-likeness (QED) is 0.669. The van der Waals surface area contributed by atoms with E-state index in [1.165, 1.54) is 16.7 Å². The molecule has 0 aromatic heterocycles. The smallest absolute Gasteiger partial charge is 0.147 e.